The molecule has 1 rings (SSSR count). The summed E-state index contributed by atoms with van der Waals surface area (Å²) in [4.78, 5) is 15.6. The number of alkyl halides is 1. The van der Waals surface area contributed by atoms with Crippen molar-refractivity contribution in [3.05, 3.63) is 12.7 Å². The van der Waals surface area contributed by atoms with E-state index in [0.29, 0.717) is 0 Å². The fraction of sp³-hybridized carbons (Fsp3) is 0.700. The van der Waals surface area contributed by atoms with Crippen molar-refractivity contribution in [2.45, 2.75) is 12.3 Å². The standard InChI is InChI=1S/C10H17ClN2O/c1-3-4-12-5-7-13(8-6-12)10(14)9(2)11/h3,9H,1,4-8H2,2H3/t9-/m1/s1. The summed E-state index contributed by atoms with van der Waals surface area (Å²) in [5.41, 5.74) is 0. The van der Waals surface area contributed by atoms with Crippen molar-refractivity contribution in [2.24, 2.45) is 0 Å². The van der Waals surface area contributed by atoms with Gasteiger partial charge >= 0.3 is 0 Å². The van der Waals surface area contributed by atoms with Gasteiger partial charge in [0, 0.05) is 32.7 Å². The van der Waals surface area contributed by atoms with Gasteiger partial charge < -0.3 is 4.90 Å². The van der Waals surface area contributed by atoms with Gasteiger partial charge in [0.15, 0.2) is 0 Å². The fourth-order valence-electron chi connectivity index (χ4n) is 1.58. The Morgan fingerprint density at radius 1 is 1.50 bits per heavy atom. The molecular formula is C10H17ClN2O. The van der Waals surface area contributed by atoms with Gasteiger partial charge in [0.25, 0.3) is 0 Å². The fourth-order valence-corrected chi connectivity index (χ4v) is 1.72. The predicted molar refractivity (Wildman–Crippen MR) is 58.5 cm³/mol. The molecule has 0 aromatic carbocycles. The highest BCUT2D eigenvalue weighted by Crippen LogP contribution is 2.06. The van der Waals surface area contributed by atoms with Gasteiger partial charge in [0.1, 0.15) is 5.38 Å². The molecule has 1 atom stereocenters. The Labute approximate surface area is 90.3 Å². The third kappa shape index (κ3) is 3.00. The zero-order chi connectivity index (χ0) is 10.6. The van der Waals surface area contributed by atoms with Gasteiger partial charge in [0.05, 0.1) is 0 Å². The van der Waals surface area contributed by atoms with Gasteiger partial charge in [-0.15, -0.1) is 18.2 Å². The minimum Gasteiger partial charge on any atom is -0.339 e. The van der Waals surface area contributed by atoms with E-state index in [-0.39, 0.29) is 5.91 Å². The summed E-state index contributed by atoms with van der Waals surface area (Å²) in [6.45, 7) is 9.72. The van der Waals surface area contributed by atoms with Crippen LogP contribution in [-0.2, 0) is 4.79 Å². The molecule has 1 saturated heterocycles. The largest absolute Gasteiger partial charge is 0.339 e. The van der Waals surface area contributed by atoms with E-state index >= 15 is 0 Å². The van der Waals surface area contributed by atoms with Crippen LogP contribution in [0.3, 0.4) is 0 Å². The molecule has 0 bridgehead atoms. The number of carbonyl (C=O) groups excluding carboxylic acids is 1. The molecule has 0 radical (unpaired) electrons. The van der Waals surface area contributed by atoms with E-state index < -0.39 is 5.38 Å². The van der Waals surface area contributed by atoms with Crippen LogP contribution in [0.25, 0.3) is 0 Å². The van der Waals surface area contributed by atoms with Gasteiger partial charge in [-0.05, 0) is 6.92 Å². The summed E-state index contributed by atoms with van der Waals surface area (Å²) < 4.78 is 0. The van der Waals surface area contributed by atoms with Gasteiger partial charge in [-0.2, -0.15) is 0 Å². The summed E-state index contributed by atoms with van der Waals surface area (Å²) in [6.07, 6.45) is 1.89. The molecule has 4 heteroatoms. The molecule has 1 amide bonds. The number of hydrogen-bond donors (Lipinski definition) is 0. The molecule has 0 unspecified atom stereocenters. The number of rotatable bonds is 3. The average molecular weight is 217 g/mol. The summed E-state index contributed by atoms with van der Waals surface area (Å²) >= 11 is 5.74. The zero-order valence-corrected chi connectivity index (χ0v) is 9.33. The molecule has 80 valence electrons. The Bertz CT molecular complexity index is 210. The monoisotopic (exact) mass is 216 g/mol. The number of hydrogen-bond acceptors (Lipinski definition) is 2. The first-order chi connectivity index (χ1) is 6.65. The minimum atomic E-state index is -0.402. The van der Waals surface area contributed by atoms with Crippen LogP contribution in [0.4, 0.5) is 0 Å². The lowest BCUT2D eigenvalue weighted by molar-refractivity contribution is -0.132. The van der Waals surface area contributed by atoms with Crippen LogP contribution in [0, 0.1) is 0 Å². The van der Waals surface area contributed by atoms with E-state index in [1.54, 1.807) is 6.92 Å². The maximum absolute atomic E-state index is 11.5. The quantitative estimate of drug-likeness (QED) is 0.518. The molecule has 0 aromatic heterocycles. The Kier molecular flexibility index (Phi) is 4.42. The lowest BCUT2D eigenvalue weighted by atomic mass is 10.3. The summed E-state index contributed by atoms with van der Waals surface area (Å²) in [5, 5.41) is -0.402. The lowest BCUT2D eigenvalue weighted by Crippen LogP contribution is -2.50. The molecule has 0 N–H and O–H groups in total. The van der Waals surface area contributed by atoms with E-state index in [1.807, 2.05) is 11.0 Å². The highest BCUT2D eigenvalue weighted by atomic mass is 35.5. The SMILES string of the molecule is C=CCN1CCN(C(=O)[C@@H](C)Cl)CC1. The number of halogens is 1. The smallest absolute Gasteiger partial charge is 0.240 e. The molecule has 14 heavy (non-hydrogen) atoms. The van der Waals surface area contributed by atoms with Crippen LogP contribution in [0.1, 0.15) is 6.92 Å². The number of carbonyl (C=O) groups is 1. The van der Waals surface area contributed by atoms with Crippen LogP contribution >= 0.6 is 11.6 Å². The Morgan fingerprint density at radius 3 is 2.50 bits per heavy atom. The molecule has 1 aliphatic rings. The number of nitrogens with zero attached hydrogens (tertiary/aromatic N) is 2. The summed E-state index contributed by atoms with van der Waals surface area (Å²) in [5.74, 6) is 0.0462. The third-order valence-electron chi connectivity index (χ3n) is 2.41. The minimum absolute atomic E-state index is 0.0462. The van der Waals surface area contributed by atoms with Crippen molar-refractivity contribution in [2.75, 3.05) is 32.7 Å². The molecule has 1 aliphatic heterocycles. The second-order valence-electron chi connectivity index (χ2n) is 3.53. The molecular weight excluding hydrogens is 200 g/mol. The second kappa shape index (κ2) is 5.37. The molecule has 0 spiro atoms. The van der Waals surface area contributed by atoms with Gasteiger partial charge in [-0.25, -0.2) is 0 Å². The van der Waals surface area contributed by atoms with Crippen molar-refractivity contribution in [3.63, 3.8) is 0 Å². The normalized spacial score (nSPS) is 20.6. The van der Waals surface area contributed by atoms with Crippen LogP contribution < -0.4 is 0 Å². The highest BCUT2D eigenvalue weighted by Gasteiger charge is 2.22. The van der Waals surface area contributed by atoms with E-state index in [9.17, 15) is 4.79 Å². The van der Waals surface area contributed by atoms with Gasteiger partial charge in [-0.1, -0.05) is 6.08 Å². The van der Waals surface area contributed by atoms with E-state index in [1.165, 1.54) is 0 Å². The van der Waals surface area contributed by atoms with E-state index in [2.05, 4.69) is 11.5 Å². The molecule has 0 aliphatic carbocycles. The number of amides is 1. The highest BCUT2D eigenvalue weighted by molar-refractivity contribution is 6.30. The maximum atomic E-state index is 11.5. The summed E-state index contributed by atoms with van der Waals surface area (Å²) in [7, 11) is 0. The molecule has 0 saturated carbocycles. The first-order valence-corrected chi connectivity index (χ1v) is 5.35. The van der Waals surface area contributed by atoms with E-state index in [0.717, 1.165) is 32.7 Å². The average Bonchev–Trinajstić information content (AvgIpc) is 2.18. The van der Waals surface area contributed by atoms with Crippen LogP contribution in [0.15, 0.2) is 12.7 Å². The van der Waals surface area contributed by atoms with Crippen molar-refractivity contribution >= 4 is 17.5 Å². The molecule has 0 aromatic rings. The van der Waals surface area contributed by atoms with Crippen LogP contribution in [0.2, 0.25) is 0 Å². The topological polar surface area (TPSA) is 23.6 Å². The van der Waals surface area contributed by atoms with E-state index in [4.69, 9.17) is 11.6 Å². The molecule has 1 fully saturated rings. The molecule has 3 nitrogen and oxygen atoms in total. The Morgan fingerprint density at radius 2 is 2.07 bits per heavy atom. The van der Waals surface area contributed by atoms with Gasteiger partial charge in [-0.3, -0.25) is 9.69 Å². The molecule has 1 heterocycles. The first kappa shape index (κ1) is 11.5. The zero-order valence-electron chi connectivity index (χ0n) is 8.58. The van der Waals surface area contributed by atoms with Crippen molar-refractivity contribution < 1.29 is 4.79 Å². The Balaban J connectivity index is 2.35. The predicted octanol–water partition coefficient (Wildman–Crippen LogP) is 0.944. The summed E-state index contributed by atoms with van der Waals surface area (Å²) in [6, 6.07) is 0. The van der Waals surface area contributed by atoms with Crippen molar-refractivity contribution in [1.29, 1.82) is 0 Å². The third-order valence-corrected chi connectivity index (χ3v) is 2.60. The van der Waals surface area contributed by atoms with Crippen LogP contribution in [-0.4, -0.2) is 53.8 Å². The van der Waals surface area contributed by atoms with Crippen molar-refractivity contribution in [3.8, 4) is 0 Å². The van der Waals surface area contributed by atoms with Crippen molar-refractivity contribution in [1.82, 2.24) is 9.80 Å². The van der Waals surface area contributed by atoms with Crippen LogP contribution in [0.5, 0.6) is 0 Å². The maximum Gasteiger partial charge on any atom is 0.240 e. The second-order valence-corrected chi connectivity index (χ2v) is 4.19. The lowest BCUT2D eigenvalue weighted by Gasteiger charge is -2.34. The number of piperazine rings is 1. The Hall–Kier alpha value is -0.540. The first-order valence-electron chi connectivity index (χ1n) is 4.91. The van der Waals surface area contributed by atoms with Gasteiger partial charge in [0.2, 0.25) is 5.91 Å².